The van der Waals surface area contributed by atoms with Gasteiger partial charge in [0.25, 0.3) is 0 Å². The summed E-state index contributed by atoms with van der Waals surface area (Å²) in [5, 5.41) is 6.71. The van der Waals surface area contributed by atoms with Gasteiger partial charge in [0.05, 0.1) is 19.8 Å². The summed E-state index contributed by atoms with van der Waals surface area (Å²) in [4.78, 5) is 21.2. The van der Waals surface area contributed by atoms with Crippen LogP contribution in [0.5, 0.6) is 0 Å². The van der Waals surface area contributed by atoms with Gasteiger partial charge in [0, 0.05) is 51.4 Å². The van der Waals surface area contributed by atoms with E-state index in [1.165, 1.54) is 17.7 Å². The number of ether oxygens (including phenoxy) is 1. The normalized spacial score (nSPS) is 17.7. The van der Waals surface area contributed by atoms with Gasteiger partial charge in [-0.05, 0) is 43.9 Å². The summed E-state index contributed by atoms with van der Waals surface area (Å²) in [7, 11) is 0. The Bertz CT molecular complexity index is 677. The number of morpholine rings is 1. The Morgan fingerprint density at radius 2 is 1.84 bits per heavy atom. The van der Waals surface area contributed by atoms with Crippen LogP contribution >= 0.6 is 24.0 Å². The average Bonchev–Trinajstić information content (AvgIpc) is 3.00. The largest absolute Gasteiger partial charge is 0.378 e. The monoisotopic (exact) mass is 543 g/mol. The molecule has 0 radical (unpaired) electrons. The van der Waals surface area contributed by atoms with E-state index in [0.717, 1.165) is 77.7 Å². The molecule has 174 valence electrons. The molecule has 2 aliphatic rings. The van der Waals surface area contributed by atoms with Crippen molar-refractivity contribution in [3.8, 4) is 0 Å². The molecule has 3 rings (SSSR count). The van der Waals surface area contributed by atoms with E-state index in [0.29, 0.717) is 18.9 Å². The second kappa shape index (κ2) is 14.5. The third-order valence-corrected chi connectivity index (χ3v) is 5.65. The quantitative estimate of drug-likeness (QED) is 0.229. The van der Waals surface area contributed by atoms with Crippen molar-refractivity contribution in [3.63, 3.8) is 0 Å². The molecule has 2 fully saturated rings. The van der Waals surface area contributed by atoms with E-state index in [2.05, 4.69) is 46.7 Å². The van der Waals surface area contributed by atoms with Crippen molar-refractivity contribution in [2.75, 3.05) is 57.4 Å². The number of benzene rings is 1. The van der Waals surface area contributed by atoms with Gasteiger partial charge in [-0.1, -0.05) is 18.6 Å². The van der Waals surface area contributed by atoms with Crippen LogP contribution in [0.15, 0.2) is 29.3 Å². The Kier molecular flexibility index (Phi) is 12.0. The summed E-state index contributed by atoms with van der Waals surface area (Å²) in [6.45, 7) is 9.60. The highest BCUT2D eigenvalue weighted by Gasteiger charge is 2.15. The third kappa shape index (κ3) is 8.84. The van der Waals surface area contributed by atoms with E-state index in [9.17, 15) is 4.79 Å². The number of nitrogens with one attached hydrogen (secondary N) is 2. The Balaban J connectivity index is 0.00000341. The molecule has 2 N–H and O–H groups in total. The molecule has 31 heavy (non-hydrogen) atoms. The molecule has 0 unspecified atom stereocenters. The highest BCUT2D eigenvalue weighted by atomic mass is 127. The molecule has 1 aromatic carbocycles. The topological polar surface area (TPSA) is 69.2 Å². The molecule has 2 heterocycles. The summed E-state index contributed by atoms with van der Waals surface area (Å²) in [6, 6.07) is 8.66. The SMILES string of the molecule is CCNC(=NCc1ccc(N2CCOCC2)cc1)NCCCN1CCCCCC1=O.I. The molecule has 0 aliphatic carbocycles. The van der Waals surface area contributed by atoms with Gasteiger partial charge >= 0.3 is 0 Å². The highest BCUT2D eigenvalue weighted by molar-refractivity contribution is 14.0. The molecule has 8 heteroatoms. The molecule has 1 aromatic rings. The number of anilines is 1. The number of likely N-dealkylation sites (tertiary alicyclic amines) is 1. The number of rotatable bonds is 8. The van der Waals surface area contributed by atoms with Gasteiger partial charge < -0.3 is 25.2 Å². The van der Waals surface area contributed by atoms with Crippen molar-refractivity contribution >= 4 is 41.5 Å². The number of carbonyl (C=O) groups excluding carboxylic acids is 1. The molecular formula is C23H38IN5O2. The number of amides is 1. The number of hydrogen-bond acceptors (Lipinski definition) is 4. The van der Waals surface area contributed by atoms with Gasteiger partial charge in [-0.3, -0.25) is 4.79 Å². The van der Waals surface area contributed by atoms with Crippen LogP contribution in [0, 0.1) is 0 Å². The number of nitrogens with zero attached hydrogens (tertiary/aromatic N) is 3. The van der Waals surface area contributed by atoms with E-state index in [4.69, 9.17) is 9.73 Å². The maximum absolute atomic E-state index is 12.1. The fraction of sp³-hybridized carbons (Fsp3) is 0.652. The van der Waals surface area contributed by atoms with Gasteiger partial charge in [0.2, 0.25) is 5.91 Å². The van der Waals surface area contributed by atoms with Crippen LogP contribution in [0.3, 0.4) is 0 Å². The van der Waals surface area contributed by atoms with Crippen molar-refractivity contribution < 1.29 is 9.53 Å². The predicted molar refractivity (Wildman–Crippen MR) is 137 cm³/mol. The number of carbonyl (C=O) groups is 1. The molecule has 0 spiro atoms. The minimum Gasteiger partial charge on any atom is -0.378 e. The lowest BCUT2D eigenvalue weighted by atomic mass is 10.2. The van der Waals surface area contributed by atoms with Gasteiger partial charge in [-0.15, -0.1) is 24.0 Å². The summed E-state index contributed by atoms with van der Waals surface area (Å²) in [5.41, 5.74) is 2.44. The van der Waals surface area contributed by atoms with E-state index in [1.54, 1.807) is 0 Å². The number of hydrogen-bond donors (Lipinski definition) is 2. The third-order valence-electron chi connectivity index (χ3n) is 5.65. The molecular weight excluding hydrogens is 505 g/mol. The maximum atomic E-state index is 12.1. The zero-order valence-electron chi connectivity index (χ0n) is 18.8. The van der Waals surface area contributed by atoms with Crippen molar-refractivity contribution in [1.29, 1.82) is 0 Å². The summed E-state index contributed by atoms with van der Waals surface area (Å²) < 4.78 is 5.43. The lowest BCUT2D eigenvalue weighted by molar-refractivity contribution is -0.130. The Morgan fingerprint density at radius 3 is 2.58 bits per heavy atom. The zero-order chi connectivity index (χ0) is 21.0. The van der Waals surface area contributed by atoms with Crippen LogP contribution in [-0.4, -0.2) is 69.2 Å². The van der Waals surface area contributed by atoms with E-state index >= 15 is 0 Å². The first-order valence-electron chi connectivity index (χ1n) is 11.5. The number of halogens is 1. The average molecular weight is 543 g/mol. The van der Waals surface area contributed by atoms with Crippen LogP contribution in [0.25, 0.3) is 0 Å². The first-order valence-corrected chi connectivity index (χ1v) is 11.5. The standard InChI is InChI=1S/C23H37N5O2.HI/c1-2-24-23(25-12-6-14-28-13-5-3-4-7-22(28)29)26-19-20-8-10-21(11-9-20)27-15-17-30-18-16-27;/h8-11H,2-7,12-19H2,1H3,(H2,24,25,26);1H. The Labute approximate surface area is 204 Å². The molecule has 7 nitrogen and oxygen atoms in total. The maximum Gasteiger partial charge on any atom is 0.222 e. The van der Waals surface area contributed by atoms with Crippen molar-refractivity contribution in [3.05, 3.63) is 29.8 Å². The van der Waals surface area contributed by atoms with Crippen molar-refractivity contribution in [2.45, 2.75) is 45.6 Å². The number of aliphatic imine (C=N–C) groups is 1. The fourth-order valence-electron chi connectivity index (χ4n) is 3.90. The first kappa shape index (κ1) is 25.7. The van der Waals surface area contributed by atoms with E-state index < -0.39 is 0 Å². The van der Waals surface area contributed by atoms with E-state index in [-0.39, 0.29) is 24.0 Å². The van der Waals surface area contributed by atoms with E-state index in [1.807, 2.05) is 4.90 Å². The molecule has 0 saturated carbocycles. The smallest absolute Gasteiger partial charge is 0.222 e. The minimum absolute atomic E-state index is 0. The van der Waals surface area contributed by atoms with Crippen LogP contribution in [-0.2, 0) is 16.1 Å². The summed E-state index contributed by atoms with van der Waals surface area (Å²) in [6.07, 6.45) is 4.99. The molecule has 0 bridgehead atoms. The minimum atomic E-state index is 0. The lowest BCUT2D eigenvalue weighted by Gasteiger charge is -2.28. The van der Waals surface area contributed by atoms with Gasteiger partial charge in [-0.2, -0.15) is 0 Å². The Morgan fingerprint density at radius 1 is 1.06 bits per heavy atom. The molecule has 1 amide bonds. The number of guanidine groups is 1. The molecule has 2 saturated heterocycles. The van der Waals surface area contributed by atoms with Crippen molar-refractivity contribution in [2.24, 2.45) is 4.99 Å². The molecule has 2 aliphatic heterocycles. The van der Waals surface area contributed by atoms with Crippen LogP contribution < -0.4 is 15.5 Å². The summed E-state index contributed by atoms with van der Waals surface area (Å²) >= 11 is 0. The van der Waals surface area contributed by atoms with Crippen LogP contribution in [0.1, 0.15) is 44.6 Å². The van der Waals surface area contributed by atoms with Gasteiger partial charge in [0.1, 0.15) is 0 Å². The highest BCUT2D eigenvalue weighted by Crippen LogP contribution is 2.17. The Hall–Kier alpha value is -1.55. The molecule has 0 aromatic heterocycles. The van der Waals surface area contributed by atoms with Gasteiger partial charge in [-0.25, -0.2) is 4.99 Å². The van der Waals surface area contributed by atoms with Crippen LogP contribution in [0.2, 0.25) is 0 Å². The lowest BCUT2D eigenvalue weighted by Crippen LogP contribution is -2.39. The fourth-order valence-corrected chi connectivity index (χ4v) is 3.90. The molecule has 0 atom stereocenters. The van der Waals surface area contributed by atoms with Crippen LogP contribution in [0.4, 0.5) is 5.69 Å². The van der Waals surface area contributed by atoms with Gasteiger partial charge in [0.15, 0.2) is 5.96 Å². The second-order valence-corrected chi connectivity index (χ2v) is 7.93. The second-order valence-electron chi connectivity index (χ2n) is 7.93. The first-order chi connectivity index (χ1) is 14.8. The van der Waals surface area contributed by atoms with Crippen molar-refractivity contribution in [1.82, 2.24) is 15.5 Å². The summed E-state index contributed by atoms with van der Waals surface area (Å²) in [5.74, 6) is 1.14. The zero-order valence-corrected chi connectivity index (χ0v) is 21.1. The predicted octanol–water partition coefficient (Wildman–Crippen LogP) is 2.99.